The number of amides is 1. The summed E-state index contributed by atoms with van der Waals surface area (Å²) in [5, 5.41) is 3.42. The molecule has 1 aromatic heterocycles. The molecule has 0 spiro atoms. The molecule has 1 amide bonds. The van der Waals surface area contributed by atoms with Crippen molar-refractivity contribution in [2.24, 2.45) is 5.92 Å². The highest BCUT2D eigenvalue weighted by atomic mass is 35.5. The summed E-state index contributed by atoms with van der Waals surface area (Å²) in [6, 6.07) is 1.95. The van der Waals surface area contributed by atoms with Crippen molar-refractivity contribution in [3.8, 4) is 5.88 Å². The highest BCUT2D eigenvalue weighted by Crippen LogP contribution is 2.39. The first-order chi connectivity index (χ1) is 12.8. The van der Waals surface area contributed by atoms with Gasteiger partial charge in [-0.3, -0.25) is 4.79 Å². The number of hydrogen-bond acceptors (Lipinski definition) is 4. The van der Waals surface area contributed by atoms with Crippen molar-refractivity contribution in [3.63, 3.8) is 0 Å². The van der Waals surface area contributed by atoms with Crippen molar-refractivity contribution in [1.82, 2.24) is 10.3 Å². The second-order valence-electron chi connectivity index (χ2n) is 7.79. The lowest BCUT2D eigenvalue weighted by atomic mass is 9.87. The number of ether oxygens (including phenoxy) is 2. The average molecular weight is 397 g/mol. The van der Waals surface area contributed by atoms with E-state index < -0.39 is 0 Å². The summed E-state index contributed by atoms with van der Waals surface area (Å²) in [7, 11) is 1.64. The van der Waals surface area contributed by atoms with E-state index in [2.05, 4.69) is 38.0 Å². The first kappa shape index (κ1) is 22.0. The van der Waals surface area contributed by atoms with Crippen LogP contribution in [-0.2, 0) is 16.0 Å². The number of fused-ring (bicyclic) bond motifs is 1. The Hall–Kier alpha value is -1.33. The van der Waals surface area contributed by atoms with Gasteiger partial charge in [0.1, 0.15) is 11.8 Å². The molecule has 2 heterocycles. The number of aryl methyl sites for hydroxylation is 1. The van der Waals surface area contributed by atoms with Crippen molar-refractivity contribution in [3.05, 3.63) is 22.3 Å². The van der Waals surface area contributed by atoms with Crippen LogP contribution in [0.4, 0.5) is 0 Å². The Morgan fingerprint density at radius 1 is 1.48 bits per heavy atom. The topological polar surface area (TPSA) is 60.5 Å². The summed E-state index contributed by atoms with van der Waals surface area (Å²) in [6.07, 6.45) is 5.44. The van der Waals surface area contributed by atoms with E-state index in [1.54, 1.807) is 7.11 Å². The first-order valence-corrected chi connectivity index (χ1v) is 10.4. The zero-order valence-electron chi connectivity index (χ0n) is 17.2. The highest BCUT2D eigenvalue weighted by Gasteiger charge is 2.35. The van der Waals surface area contributed by atoms with E-state index in [0.717, 1.165) is 19.3 Å². The minimum Gasteiger partial charge on any atom is -0.481 e. The first-order valence-electron chi connectivity index (χ1n) is 9.98. The normalized spacial score (nSPS) is 25.1. The van der Waals surface area contributed by atoms with Gasteiger partial charge in [0, 0.05) is 12.1 Å². The lowest BCUT2D eigenvalue weighted by molar-refractivity contribution is -0.146. The largest absolute Gasteiger partial charge is 0.481 e. The number of morpholine rings is 1. The van der Waals surface area contributed by atoms with Crippen molar-refractivity contribution < 1.29 is 14.3 Å². The minimum atomic E-state index is -0.108. The molecular formula is C21H33ClN2O3. The van der Waals surface area contributed by atoms with Gasteiger partial charge in [-0.25, -0.2) is 4.98 Å². The zero-order chi connectivity index (χ0) is 20.0. The van der Waals surface area contributed by atoms with Gasteiger partial charge in [-0.05, 0) is 49.1 Å². The van der Waals surface area contributed by atoms with Crippen LogP contribution >= 0.6 is 11.6 Å². The zero-order valence-corrected chi connectivity index (χ0v) is 18.0. The average Bonchev–Trinajstić information content (AvgIpc) is 3.04. The van der Waals surface area contributed by atoms with Gasteiger partial charge in [0.2, 0.25) is 11.8 Å². The maximum atomic E-state index is 11.0. The van der Waals surface area contributed by atoms with Gasteiger partial charge in [-0.1, -0.05) is 45.7 Å². The van der Waals surface area contributed by atoms with E-state index in [-0.39, 0.29) is 18.1 Å². The summed E-state index contributed by atoms with van der Waals surface area (Å²) >= 11 is 5.86. The molecular weight excluding hydrogens is 364 g/mol. The summed E-state index contributed by atoms with van der Waals surface area (Å²) in [6.45, 7) is 9.65. The highest BCUT2D eigenvalue weighted by molar-refractivity contribution is 6.29. The molecule has 3 unspecified atom stereocenters. The van der Waals surface area contributed by atoms with Gasteiger partial charge in [-0.15, -0.1) is 0 Å². The number of halogens is 1. The van der Waals surface area contributed by atoms with Crippen LogP contribution in [0.5, 0.6) is 5.88 Å². The SMILES string of the molecule is CCC(C)CC1(CC)CNC(=O)CO1.COc1nc(Cl)cc2c1C(C)CC2. The van der Waals surface area contributed by atoms with E-state index >= 15 is 0 Å². The molecule has 2 aliphatic rings. The molecule has 3 atom stereocenters. The van der Waals surface area contributed by atoms with Gasteiger partial charge < -0.3 is 14.8 Å². The van der Waals surface area contributed by atoms with Crippen molar-refractivity contribution in [1.29, 1.82) is 0 Å². The fourth-order valence-corrected chi connectivity index (χ4v) is 4.03. The molecule has 1 saturated heterocycles. The Labute approximate surface area is 168 Å². The van der Waals surface area contributed by atoms with Crippen LogP contribution < -0.4 is 10.1 Å². The molecule has 1 aliphatic carbocycles. The Kier molecular flexibility index (Phi) is 7.92. The van der Waals surface area contributed by atoms with Gasteiger partial charge in [-0.2, -0.15) is 0 Å². The van der Waals surface area contributed by atoms with Gasteiger partial charge in [0.05, 0.1) is 12.7 Å². The fraction of sp³-hybridized carbons (Fsp3) is 0.714. The summed E-state index contributed by atoms with van der Waals surface area (Å²) in [4.78, 5) is 15.1. The predicted octanol–water partition coefficient (Wildman–Crippen LogP) is 4.51. The number of nitrogens with zero attached hydrogens (tertiary/aromatic N) is 1. The van der Waals surface area contributed by atoms with Crippen LogP contribution in [0, 0.1) is 5.92 Å². The molecule has 6 heteroatoms. The van der Waals surface area contributed by atoms with Gasteiger partial charge >= 0.3 is 0 Å². The lowest BCUT2D eigenvalue weighted by Gasteiger charge is -2.38. The van der Waals surface area contributed by atoms with E-state index in [9.17, 15) is 4.79 Å². The van der Waals surface area contributed by atoms with Crippen molar-refractivity contribution in [2.75, 3.05) is 20.3 Å². The smallest absolute Gasteiger partial charge is 0.246 e. The standard InChI is InChI=1S/C11H21NO2.C10H12ClNO/c1-4-9(3)6-11(5-2)8-12-10(13)7-14-11;1-6-3-4-7-5-8(11)12-10(13-2)9(6)7/h9H,4-8H2,1-3H3,(H,12,13);5-6H,3-4H2,1-2H3. The Morgan fingerprint density at radius 2 is 2.22 bits per heavy atom. The van der Waals surface area contributed by atoms with Gasteiger partial charge in [0.15, 0.2) is 0 Å². The van der Waals surface area contributed by atoms with Crippen LogP contribution in [-0.4, -0.2) is 36.8 Å². The Morgan fingerprint density at radius 3 is 2.78 bits per heavy atom. The third-order valence-corrected chi connectivity index (χ3v) is 5.98. The van der Waals surface area contributed by atoms with Crippen molar-refractivity contribution >= 4 is 17.5 Å². The van der Waals surface area contributed by atoms with Crippen LogP contribution in [0.15, 0.2) is 6.07 Å². The van der Waals surface area contributed by atoms with E-state index in [1.807, 2.05) is 6.07 Å². The molecule has 1 fully saturated rings. The molecule has 0 aromatic carbocycles. The number of pyridine rings is 1. The predicted molar refractivity (Wildman–Crippen MR) is 109 cm³/mol. The summed E-state index contributed by atoms with van der Waals surface area (Å²) in [5.41, 5.74) is 2.43. The molecule has 0 saturated carbocycles. The third kappa shape index (κ3) is 5.58. The maximum absolute atomic E-state index is 11.0. The molecule has 152 valence electrons. The summed E-state index contributed by atoms with van der Waals surface area (Å²) < 4.78 is 10.9. The number of carbonyl (C=O) groups is 1. The Bertz CT molecular complexity index is 641. The molecule has 5 nitrogen and oxygen atoms in total. The molecule has 1 aromatic rings. The van der Waals surface area contributed by atoms with E-state index in [4.69, 9.17) is 21.1 Å². The maximum Gasteiger partial charge on any atom is 0.246 e. The molecule has 1 N–H and O–H groups in total. The number of carbonyl (C=O) groups excluding carboxylic acids is 1. The van der Waals surface area contributed by atoms with Crippen LogP contribution in [0.25, 0.3) is 0 Å². The quantitative estimate of drug-likeness (QED) is 0.744. The van der Waals surface area contributed by atoms with Crippen LogP contribution in [0.3, 0.4) is 0 Å². The third-order valence-electron chi connectivity index (χ3n) is 5.79. The number of methoxy groups -OCH3 is 1. The minimum absolute atomic E-state index is 0.0122. The Balaban J connectivity index is 0.000000194. The molecule has 0 bridgehead atoms. The van der Waals surface area contributed by atoms with Crippen LogP contribution in [0.2, 0.25) is 5.15 Å². The van der Waals surface area contributed by atoms with Gasteiger partial charge in [0.25, 0.3) is 0 Å². The number of hydrogen-bond donors (Lipinski definition) is 1. The lowest BCUT2D eigenvalue weighted by Crippen LogP contribution is -2.52. The second-order valence-corrected chi connectivity index (χ2v) is 8.17. The van der Waals surface area contributed by atoms with E-state index in [1.165, 1.54) is 24.0 Å². The van der Waals surface area contributed by atoms with Crippen molar-refractivity contribution in [2.45, 2.75) is 71.3 Å². The second kappa shape index (κ2) is 9.74. The molecule has 0 radical (unpaired) electrons. The number of nitrogens with one attached hydrogen (secondary N) is 1. The molecule has 1 aliphatic heterocycles. The summed E-state index contributed by atoms with van der Waals surface area (Å²) in [5.74, 6) is 1.92. The van der Waals surface area contributed by atoms with E-state index in [0.29, 0.717) is 29.4 Å². The number of aromatic nitrogens is 1. The van der Waals surface area contributed by atoms with Crippen LogP contribution in [0.1, 0.15) is 70.4 Å². The molecule has 27 heavy (non-hydrogen) atoms. The monoisotopic (exact) mass is 396 g/mol. The fourth-order valence-electron chi connectivity index (χ4n) is 3.82. The molecule has 3 rings (SSSR count). The number of rotatable bonds is 5.